The first-order valence-electron chi connectivity index (χ1n) is 11.4. The summed E-state index contributed by atoms with van der Waals surface area (Å²) in [4.78, 5) is 26.2. The first kappa shape index (κ1) is 21.5. The van der Waals surface area contributed by atoms with E-state index in [-0.39, 0.29) is 18.5 Å². The van der Waals surface area contributed by atoms with E-state index in [9.17, 15) is 9.59 Å². The number of carbonyl (C=O) groups is 2. The Morgan fingerprint density at radius 3 is 2.33 bits per heavy atom. The van der Waals surface area contributed by atoms with E-state index in [0.717, 1.165) is 48.5 Å². The summed E-state index contributed by atoms with van der Waals surface area (Å²) in [5.41, 5.74) is 3.95. The lowest BCUT2D eigenvalue weighted by Gasteiger charge is -2.26. The molecule has 2 aliphatic rings. The zero-order chi connectivity index (χ0) is 22.9. The van der Waals surface area contributed by atoms with Gasteiger partial charge in [-0.25, -0.2) is 0 Å². The molecule has 0 aliphatic carbocycles. The van der Waals surface area contributed by atoms with Crippen molar-refractivity contribution in [2.24, 2.45) is 0 Å². The van der Waals surface area contributed by atoms with Crippen LogP contribution in [0.4, 0.5) is 0 Å². The number of aryl methyl sites for hydroxylation is 1. The van der Waals surface area contributed by atoms with Gasteiger partial charge >= 0.3 is 5.97 Å². The molecule has 1 fully saturated rings. The molecule has 6 nitrogen and oxygen atoms in total. The molecule has 0 amide bonds. The predicted octanol–water partition coefficient (Wildman–Crippen LogP) is 4.95. The van der Waals surface area contributed by atoms with E-state index in [1.54, 1.807) is 0 Å². The van der Waals surface area contributed by atoms with Gasteiger partial charge in [-0.1, -0.05) is 36.4 Å². The standard InChI is InChI=1S/C27H27NO5/c1-17-14-22(18(2)28(17)15-19-8-7-13-31-19)23(29)16-32-27(30)26-20-9-3-5-11-24(20)33-25-12-6-4-10-21(25)26/h3-6,9-12,14,19,26H,7-8,13,15-16H2,1-2H3. The van der Waals surface area contributed by atoms with Crippen LogP contribution in [0, 0.1) is 13.8 Å². The molecule has 5 rings (SSSR count). The minimum Gasteiger partial charge on any atom is -0.457 e. The minimum atomic E-state index is -0.633. The highest BCUT2D eigenvalue weighted by Crippen LogP contribution is 2.44. The molecule has 1 aromatic heterocycles. The van der Waals surface area contributed by atoms with Gasteiger partial charge in [0.25, 0.3) is 0 Å². The number of esters is 1. The minimum absolute atomic E-state index is 0.184. The number of hydrogen-bond donors (Lipinski definition) is 0. The maximum absolute atomic E-state index is 13.2. The highest BCUT2D eigenvalue weighted by Gasteiger charge is 2.34. The van der Waals surface area contributed by atoms with Crippen LogP contribution in [0.1, 0.15) is 51.6 Å². The van der Waals surface area contributed by atoms with Crippen LogP contribution in [0.15, 0.2) is 54.6 Å². The molecular formula is C27H27NO5. The van der Waals surface area contributed by atoms with Crippen LogP contribution in [-0.4, -0.2) is 35.6 Å². The Morgan fingerprint density at radius 1 is 1.03 bits per heavy atom. The molecule has 170 valence electrons. The van der Waals surface area contributed by atoms with Crippen molar-refractivity contribution in [1.82, 2.24) is 4.57 Å². The van der Waals surface area contributed by atoms with Crippen molar-refractivity contribution in [1.29, 1.82) is 0 Å². The third-order valence-corrected chi connectivity index (χ3v) is 6.55. The number of para-hydroxylation sites is 2. The number of Topliss-reactive ketones (excluding diaryl/α,β-unsaturated/α-hetero) is 1. The van der Waals surface area contributed by atoms with Crippen molar-refractivity contribution in [3.05, 3.63) is 82.7 Å². The van der Waals surface area contributed by atoms with E-state index < -0.39 is 11.9 Å². The van der Waals surface area contributed by atoms with Gasteiger partial charge in [0.15, 0.2) is 6.61 Å². The molecule has 0 saturated carbocycles. The lowest BCUT2D eigenvalue weighted by atomic mass is 9.88. The van der Waals surface area contributed by atoms with Gasteiger partial charge in [0.1, 0.15) is 17.4 Å². The molecule has 2 aliphatic heterocycles. The Labute approximate surface area is 193 Å². The maximum Gasteiger partial charge on any atom is 0.318 e. The van der Waals surface area contributed by atoms with Crippen LogP contribution in [0.5, 0.6) is 11.5 Å². The number of ketones is 1. The van der Waals surface area contributed by atoms with Crippen LogP contribution in [0.2, 0.25) is 0 Å². The van der Waals surface area contributed by atoms with Gasteiger partial charge in [-0.2, -0.15) is 0 Å². The van der Waals surface area contributed by atoms with Crippen LogP contribution in [0.3, 0.4) is 0 Å². The van der Waals surface area contributed by atoms with Crippen LogP contribution < -0.4 is 4.74 Å². The third-order valence-electron chi connectivity index (χ3n) is 6.55. The Kier molecular flexibility index (Phi) is 5.77. The van der Waals surface area contributed by atoms with E-state index >= 15 is 0 Å². The number of carbonyl (C=O) groups excluding carboxylic acids is 2. The van der Waals surface area contributed by atoms with Crippen LogP contribution in [0.25, 0.3) is 0 Å². The molecule has 0 bridgehead atoms. The summed E-state index contributed by atoms with van der Waals surface area (Å²) < 4.78 is 19.4. The van der Waals surface area contributed by atoms with Crippen molar-refractivity contribution in [3.63, 3.8) is 0 Å². The summed E-state index contributed by atoms with van der Waals surface area (Å²) in [5.74, 6) is -0.0430. The first-order valence-corrected chi connectivity index (χ1v) is 11.4. The monoisotopic (exact) mass is 445 g/mol. The van der Waals surface area contributed by atoms with Gasteiger partial charge in [0.2, 0.25) is 5.78 Å². The number of aromatic nitrogens is 1. The maximum atomic E-state index is 13.2. The van der Waals surface area contributed by atoms with Gasteiger partial charge in [-0.15, -0.1) is 0 Å². The van der Waals surface area contributed by atoms with E-state index in [2.05, 4.69) is 4.57 Å². The number of hydrogen-bond acceptors (Lipinski definition) is 5. The summed E-state index contributed by atoms with van der Waals surface area (Å²) in [6.45, 7) is 5.15. The quantitative estimate of drug-likeness (QED) is 0.397. The van der Waals surface area contributed by atoms with Crippen molar-refractivity contribution in [3.8, 4) is 11.5 Å². The topological polar surface area (TPSA) is 66.8 Å². The Balaban J connectivity index is 1.33. The molecule has 2 aromatic carbocycles. The zero-order valence-electron chi connectivity index (χ0n) is 18.9. The number of rotatable bonds is 6. The number of nitrogens with zero attached hydrogens (tertiary/aromatic N) is 1. The van der Waals surface area contributed by atoms with E-state index in [1.807, 2.05) is 68.4 Å². The van der Waals surface area contributed by atoms with Crippen LogP contribution >= 0.6 is 0 Å². The van der Waals surface area contributed by atoms with Crippen molar-refractivity contribution < 1.29 is 23.8 Å². The number of ether oxygens (including phenoxy) is 3. The number of benzene rings is 2. The van der Waals surface area contributed by atoms with E-state index in [0.29, 0.717) is 17.1 Å². The average molecular weight is 446 g/mol. The second kappa shape index (κ2) is 8.87. The van der Waals surface area contributed by atoms with Crippen LogP contribution in [-0.2, 0) is 20.8 Å². The predicted molar refractivity (Wildman–Crippen MR) is 123 cm³/mol. The lowest BCUT2D eigenvalue weighted by molar-refractivity contribution is -0.143. The summed E-state index contributed by atoms with van der Waals surface area (Å²) in [7, 11) is 0. The molecule has 1 unspecified atom stereocenters. The van der Waals surface area contributed by atoms with Crippen molar-refractivity contribution in [2.75, 3.05) is 13.2 Å². The number of fused-ring (bicyclic) bond motifs is 2. The molecule has 1 saturated heterocycles. The fraction of sp³-hybridized carbons (Fsp3) is 0.333. The molecule has 3 heterocycles. The van der Waals surface area contributed by atoms with Gasteiger partial charge in [-0.3, -0.25) is 9.59 Å². The highest BCUT2D eigenvalue weighted by molar-refractivity contribution is 5.99. The van der Waals surface area contributed by atoms with Gasteiger partial charge in [-0.05, 0) is 44.9 Å². The second-order valence-electron chi connectivity index (χ2n) is 8.67. The third kappa shape index (κ3) is 4.07. The fourth-order valence-corrected chi connectivity index (χ4v) is 4.82. The molecule has 3 aromatic rings. The summed E-state index contributed by atoms with van der Waals surface area (Å²) in [5, 5.41) is 0. The summed E-state index contributed by atoms with van der Waals surface area (Å²) in [6.07, 6.45) is 2.29. The molecule has 6 heteroatoms. The fourth-order valence-electron chi connectivity index (χ4n) is 4.82. The molecule has 0 radical (unpaired) electrons. The van der Waals surface area contributed by atoms with E-state index in [1.165, 1.54) is 0 Å². The van der Waals surface area contributed by atoms with Gasteiger partial charge in [0.05, 0.1) is 6.10 Å². The van der Waals surface area contributed by atoms with Crippen molar-refractivity contribution >= 4 is 11.8 Å². The van der Waals surface area contributed by atoms with E-state index in [4.69, 9.17) is 14.2 Å². The van der Waals surface area contributed by atoms with Gasteiger partial charge < -0.3 is 18.8 Å². The smallest absolute Gasteiger partial charge is 0.318 e. The van der Waals surface area contributed by atoms with Crippen molar-refractivity contribution in [2.45, 2.75) is 45.3 Å². The lowest BCUT2D eigenvalue weighted by Crippen LogP contribution is -2.24. The Bertz CT molecular complexity index is 1160. The Morgan fingerprint density at radius 2 is 1.70 bits per heavy atom. The first-order chi connectivity index (χ1) is 16.0. The molecule has 1 atom stereocenters. The highest BCUT2D eigenvalue weighted by atomic mass is 16.5. The second-order valence-corrected chi connectivity index (χ2v) is 8.67. The Hall–Kier alpha value is -3.38. The van der Waals surface area contributed by atoms with Gasteiger partial charge in [0, 0.05) is 41.2 Å². The largest absolute Gasteiger partial charge is 0.457 e. The normalized spacial score (nSPS) is 17.2. The molecule has 0 spiro atoms. The average Bonchev–Trinajstić information content (AvgIpc) is 3.44. The molecular weight excluding hydrogens is 418 g/mol. The summed E-state index contributed by atoms with van der Waals surface area (Å²) in [6, 6.07) is 16.7. The SMILES string of the molecule is Cc1cc(C(=O)COC(=O)C2c3ccccc3Oc3ccccc32)c(C)n1CC1CCCO1. The molecule has 0 N–H and O–H groups in total. The summed E-state index contributed by atoms with van der Waals surface area (Å²) >= 11 is 0. The molecule has 33 heavy (non-hydrogen) atoms. The zero-order valence-corrected chi connectivity index (χ0v) is 18.9.